The minimum absolute atomic E-state index is 0.129. The third kappa shape index (κ3) is 3.70. The van der Waals surface area contributed by atoms with Crippen LogP contribution in [0.5, 0.6) is 0 Å². The number of piperidine rings is 1. The van der Waals surface area contributed by atoms with Gasteiger partial charge in [-0.3, -0.25) is 4.79 Å². The van der Waals surface area contributed by atoms with Gasteiger partial charge in [-0.1, -0.05) is 35.0 Å². The third-order valence-corrected chi connectivity index (χ3v) is 3.79. The van der Waals surface area contributed by atoms with Crippen molar-refractivity contribution in [3.8, 4) is 0 Å². The van der Waals surface area contributed by atoms with E-state index in [-0.39, 0.29) is 5.91 Å². The van der Waals surface area contributed by atoms with Gasteiger partial charge in [0.05, 0.1) is 0 Å². The number of nitrogens with zero attached hydrogens (tertiary/aromatic N) is 1. The van der Waals surface area contributed by atoms with Crippen LogP contribution in [0.15, 0.2) is 34.8 Å². The van der Waals surface area contributed by atoms with Gasteiger partial charge in [-0.2, -0.15) is 0 Å². The molecule has 3 heteroatoms. The lowest BCUT2D eigenvalue weighted by molar-refractivity contribution is -0.127. The molecule has 1 aromatic carbocycles. The molecule has 1 heterocycles. The Labute approximate surface area is 117 Å². The highest BCUT2D eigenvalue weighted by molar-refractivity contribution is 9.10. The second-order valence-electron chi connectivity index (χ2n) is 4.92. The maximum absolute atomic E-state index is 12.0. The molecule has 0 radical (unpaired) electrons. The smallest absolute Gasteiger partial charge is 0.246 e. The molecule has 0 bridgehead atoms. The normalized spacial score (nSPS) is 20.3. The third-order valence-electron chi connectivity index (χ3n) is 3.26. The number of halogens is 1. The molecule has 0 unspecified atom stereocenters. The number of benzene rings is 1. The van der Waals surface area contributed by atoms with Crippen LogP contribution in [0.3, 0.4) is 0 Å². The van der Waals surface area contributed by atoms with Crippen molar-refractivity contribution in [1.29, 1.82) is 0 Å². The molecule has 0 saturated carbocycles. The number of hydrogen-bond acceptors (Lipinski definition) is 1. The van der Waals surface area contributed by atoms with E-state index < -0.39 is 0 Å². The van der Waals surface area contributed by atoms with E-state index in [0.29, 0.717) is 5.92 Å². The highest BCUT2D eigenvalue weighted by Gasteiger charge is 2.18. The molecule has 0 spiro atoms. The zero-order valence-corrected chi connectivity index (χ0v) is 12.2. The molecule has 1 aromatic rings. The van der Waals surface area contributed by atoms with Crippen LogP contribution in [-0.4, -0.2) is 23.9 Å². The number of carbonyl (C=O) groups is 1. The van der Waals surface area contributed by atoms with E-state index in [0.717, 1.165) is 29.5 Å². The zero-order valence-electron chi connectivity index (χ0n) is 10.6. The zero-order chi connectivity index (χ0) is 13.0. The van der Waals surface area contributed by atoms with Crippen LogP contribution < -0.4 is 0 Å². The van der Waals surface area contributed by atoms with Crippen molar-refractivity contribution in [3.63, 3.8) is 0 Å². The first-order valence-electron chi connectivity index (χ1n) is 6.38. The van der Waals surface area contributed by atoms with Gasteiger partial charge in [-0.05, 0) is 42.5 Å². The first-order valence-corrected chi connectivity index (χ1v) is 7.17. The minimum atomic E-state index is 0.129. The molecule has 2 rings (SSSR count). The molecule has 0 aliphatic carbocycles. The molecule has 1 aliphatic heterocycles. The predicted octanol–water partition coefficient (Wildman–Crippen LogP) is 3.72. The summed E-state index contributed by atoms with van der Waals surface area (Å²) in [4.78, 5) is 14.0. The summed E-state index contributed by atoms with van der Waals surface area (Å²) in [5, 5.41) is 0. The van der Waals surface area contributed by atoms with Crippen molar-refractivity contribution in [2.24, 2.45) is 5.92 Å². The van der Waals surface area contributed by atoms with E-state index in [2.05, 4.69) is 22.9 Å². The van der Waals surface area contributed by atoms with Crippen LogP contribution >= 0.6 is 15.9 Å². The molecule has 18 heavy (non-hydrogen) atoms. The summed E-state index contributed by atoms with van der Waals surface area (Å²) in [5.74, 6) is 0.758. The lowest BCUT2D eigenvalue weighted by Gasteiger charge is -2.30. The average molecular weight is 308 g/mol. The molecule has 2 nitrogen and oxygen atoms in total. The van der Waals surface area contributed by atoms with Crippen molar-refractivity contribution in [3.05, 3.63) is 40.4 Å². The Bertz CT molecular complexity index is 438. The quantitative estimate of drug-likeness (QED) is 0.763. The summed E-state index contributed by atoms with van der Waals surface area (Å²) in [6, 6.07) is 7.94. The SMILES string of the molecule is C[C@H]1CCCN(C(=O)/C=C\c2ccc(Br)cc2)C1. The predicted molar refractivity (Wildman–Crippen MR) is 78.2 cm³/mol. The Morgan fingerprint density at radius 1 is 1.39 bits per heavy atom. The lowest BCUT2D eigenvalue weighted by atomic mass is 10.0. The van der Waals surface area contributed by atoms with Gasteiger partial charge in [0, 0.05) is 23.6 Å². The van der Waals surface area contributed by atoms with Gasteiger partial charge in [0.25, 0.3) is 0 Å². The van der Waals surface area contributed by atoms with Gasteiger partial charge in [-0.25, -0.2) is 0 Å². The van der Waals surface area contributed by atoms with Gasteiger partial charge < -0.3 is 4.90 Å². The molecule has 96 valence electrons. The van der Waals surface area contributed by atoms with Gasteiger partial charge in [-0.15, -0.1) is 0 Å². The standard InChI is InChI=1S/C15H18BrNO/c1-12-3-2-10-17(11-12)15(18)9-6-13-4-7-14(16)8-5-13/h4-9,12H,2-3,10-11H2,1H3/b9-6-/t12-/m0/s1. The van der Waals surface area contributed by atoms with E-state index in [1.807, 2.05) is 35.2 Å². The van der Waals surface area contributed by atoms with E-state index >= 15 is 0 Å². The first kappa shape index (κ1) is 13.3. The number of carbonyl (C=O) groups excluding carboxylic acids is 1. The number of rotatable bonds is 2. The summed E-state index contributed by atoms with van der Waals surface area (Å²) in [5.41, 5.74) is 1.05. The largest absolute Gasteiger partial charge is 0.339 e. The van der Waals surface area contributed by atoms with E-state index in [1.54, 1.807) is 6.08 Å². The van der Waals surface area contributed by atoms with Crippen molar-refractivity contribution in [2.75, 3.05) is 13.1 Å². The van der Waals surface area contributed by atoms with Crippen LogP contribution in [-0.2, 0) is 4.79 Å². The Morgan fingerprint density at radius 3 is 2.78 bits per heavy atom. The number of amides is 1. The molecule has 1 saturated heterocycles. The molecule has 1 atom stereocenters. The fourth-order valence-corrected chi connectivity index (χ4v) is 2.50. The molecular formula is C15H18BrNO. The van der Waals surface area contributed by atoms with Crippen LogP contribution in [0.25, 0.3) is 6.08 Å². The van der Waals surface area contributed by atoms with Gasteiger partial charge >= 0.3 is 0 Å². The summed E-state index contributed by atoms with van der Waals surface area (Å²) >= 11 is 3.40. The number of likely N-dealkylation sites (tertiary alicyclic amines) is 1. The van der Waals surface area contributed by atoms with Gasteiger partial charge in [0.15, 0.2) is 0 Å². The maximum atomic E-state index is 12.0. The molecule has 1 fully saturated rings. The van der Waals surface area contributed by atoms with Gasteiger partial charge in [0.1, 0.15) is 0 Å². The highest BCUT2D eigenvalue weighted by atomic mass is 79.9. The fourth-order valence-electron chi connectivity index (χ4n) is 2.24. The molecule has 1 amide bonds. The van der Waals surface area contributed by atoms with Crippen molar-refractivity contribution in [2.45, 2.75) is 19.8 Å². The topological polar surface area (TPSA) is 20.3 Å². The van der Waals surface area contributed by atoms with E-state index in [1.165, 1.54) is 6.42 Å². The first-order chi connectivity index (χ1) is 8.65. The second-order valence-corrected chi connectivity index (χ2v) is 5.83. The Balaban J connectivity index is 1.96. The molecular weight excluding hydrogens is 290 g/mol. The lowest BCUT2D eigenvalue weighted by Crippen LogP contribution is -2.38. The minimum Gasteiger partial charge on any atom is -0.339 e. The van der Waals surface area contributed by atoms with Crippen LogP contribution in [0.4, 0.5) is 0 Å². The monoisotopic (exact) mass is 307 g/mol. The van der Waals surface area contributed by atoms with E-state index in [9.17, 15) is 4.79 Å². The van der Waals surface area contributed by atoms with Crippen LogP contribution in [0, 0.1) is 5.92 Å². The van der Waals surface area contributed by atoms with Crippen LogP contribution in [0.1, 0.15) is 25.3 Å². The van der Waals surface area contributed by atoms with Crippen molar-refractivity contribution < 1.29 is 4.79 Å². The highest BCUT2D eigenvalue weighted by Crippen LogP contribution is 2.16. The second kappa shape index (κ2) is 6.19. The maximum Gasteiger partial charge on any atom is 0.246 e. The fraction of sp³-hybridized carbons (Fsp3) is 0.400. The summed E-state index contributed by atoms with van der Waals surface area (Å²) in [6.07, 6.45) is 5.93. The summed E-state index contributed by atoms with van der Waals surface area (Å²) in [7, 11) is 0. The number of hydrogen-bond donors (Lipinski definition) is 0. The Hall–Kier alpha value is -1.09. The summed E-state index contributed by atoms with van der Waals surface area (Å²) in [6.45, 7) is 4.00. The van der Waals surface area contributed by atoms with E-state index in [4.69, 9.17) is 0 Å². The Kier molecular flexibility index (Phi) is 4.59. The molecule has 0 N–H and O–H groups in total. The molecule has 0 aromatic heterocycles. The van der Waals surface area contributed by atoms with Crippen LogP contribution in [0.2, 0.25) is 0 Å². The van der Waals surface area contributed by atoms with Crippen molar-refractivity contribution >= 4 is 27.9 Å². The average Bonchev–Trinajstić information content (AvgIpc) is 2.38. The van der Waals surface area contributed by atoms with Crippen molar-refractivity contribution in [1.82, 2.24) is 4.90 Å². The Morgan fingerprint density at radius 2 is 2.11 bits per heavy atom. The van der Waals surface area contributed by atoms with Gasteiger partial charge in [0.2, 0.25) is 5.91 Å². The summed E-state index contributed by atoms with van der Waals surface area (Å²) < 4.78 is 1.05. The molecule has 1 aliphatic rings.